The molecule has 0 aliphatic rings. The lowest BCUT2D eigenvalue weighted by molar-refractivity contribution is 0.493. The summed E-state index contributed by atoms with van der Waals surface area (Å²) in [6.45, 7) is 6.86. The maximum atomic E-state index is 11.8. The van der Waals surface area contributed by atoms with Gasteiger partial charge in [0.2, 0.25) is 10.0 Å². The Morgan fingerprint density at radius 1 is 1.24 bits per heavy atom. The van der Waals surface area contributed by atoms with Gasteiger partial charge in [0.1, 0.15) is 0 Å². The Bertz CT molecular complexity index is 648. The van der Waals surface area contributed by atoms with Gasteiger partial charge in [0.25, 0.3) is 0 Å². The van der Waals surface area contributed by atoms with Gasteiger partial charge in [-0.1, -0.05) is 38.8 Å². The number of guanidine groups is 1. The first kappa shape index (κ1) is 24.1. The summed E-state index contributed by atoms with van der Waals surface area (Å²) in [7, 11) is -2.05. The molecule has 0 saturated heterocycles. The van der Waals surface area contributed by atoms with Gasteiger partial charge in [-0.2, -0.15) is 0 Å². The van der Waals surface area contributed by atoms with Crippen molar-refractivity contribution in [3.63, 3.8) is 0 Å². The molecule has 0 spiro atoms. The zero-order valence-electron chi connectivity index (χ0n) is 15.5. The minimum Gasteiger partial charge on any atom is -0.370 e. The first-order valence-corrected chi connectivity index (χ1v) is 9.82. The average Bonchev–Trinajstić information content (AvgIpc) is 2.53. The van der Waals surface area contributed by atoms with Crippen LogP contribution in [0.15, 0.2) is 34.2 Å². The van der Waals surface area contributed by atoms with Gasteiger partial charge in [0.05, 0.1) is 11.4 Å². The molecule has 0 aliphatic heterocycles. The van der Waals surface area contributed by atoms with Crippen LogP contribution in [0.4, 0.5) is 0 Å². The first-order valence-electron chi connectivity index (χ1n) is 8.33. The summed E-state index contributed by atoms with van der Waals surface area (Å²) >= 11 is 0. The minimum absolute atomic E-state index is 0. The largest absolute Gasteiger partial charge is 0.370 e. The van der Waals surface area contributed by atoms with Gasteiger partial charge in [0.15, 0.2) is 5.96 Å². The molecule has 8 heteroatoms. The quantitative estimate of drug-likeness (QED) is 0.287. The van der Waals surface area contributed by atoms with E-state index in [-0.39, 0.29) is 34.9 Å². The monoisotopic (exact) mass is 482 g/mol. The van der Waals surface area contributed by atoms with Crippen LogP contribution < -0.4 is 15.8 Å². The van der Waals surface area contributed by atoms with Gasteiger partial charge < -0.3 is 11.1 Å². The van der Waals surface area contributed by atoms with E-state index >= 15 is 0 Å². The number of hydrogen-bond donors (Lipinski definition) is 3. The lowest BCUT2D eigenvalue weighted by atomic mass is 10.0. The third kappa shape index (κ3) is 9.41. The molecule has 0 radical (unpaired) electrons. The van der Waals surface area contributed by atoms with E-state index in [0.717, 1.165) is 18.4 Å². The molecule has 25 heavy (non-hydrogen) atoms. The van der Waals surface area contributed by atoms with Crippen molar-refractivity contribution in [2.24, 2.45) is 16.6 Å². The number of rotatable bonds is 9. The molecule has 0 aromatic heterocycles. The molecule has 0 aliphatic carbocycles. The highest BCUT2D eigenvalue weighted by Gasteiger charge is 2.11. The number of nitrogens with one attached hydrogen (secondary N) is 2. The molecule has 6 nitrogen and oxygen atoms in total. The van der Waals surface area contributed by atoms with Crippen molar-refractivity contribution in [1.82, 2.24) is 10.0 Å². The van der Waals surface area contributed by atoms with E-state index in [1.807, 2.05) is 6.07 Å². The number of halogens is 1. The fraction of sp³-hybridized carbons (Fsp3) is 0.588. The van der Waals surface area contributed by atoms with Crippen molar-refractivity contribution in [2.45, 2.75) is 57.5 Å². The summed E-state index contributed by atoms with van der Waals surface area (Å²) < 4.78 is 25.9. The standard InChI is InChI=1S/C17H30N4O2S.HI/c1-13(2)7-5-8-14(3)21-17(18)20-12-15-9-6-10-16(11-15)24(22,23)19-4;/h6,9-11,13-14,19H,5,7-8,12H2,1-4H3,(H3,18,20,21);1H. The molecule has 1 aromatic rings. The van der Waals surface area contributed by atoms with E-state index in [1.165, 1.54) is 13.5 Å². The topological polar surface area (TPSA) is 96.6 Å². The minimum atomic E-state index is -3.44. The van der Waals surface area contributed by atoms with Crippen LogP contribution in [0.2, 0.25) is 0 Å². The van der Waals surface area contributed by atoms with Gasteiger partial charge in [-0.3, -0.25) is 0 Å². The van der Waals surface area contributed by atoms with Crippen LogP contribution in [-0.4, -0.2) is 27.5 Å². The SMILES string of the molecule is CNS(=O)(=O)c1cccc(CN=C(N)NC(C)CCCC(C)C)c1.I. The molecular weight excluding hydrogens is 451 g/mol. The maximum absolute atomic E-state index is 11.8. The lowest BCUT2D eigenvalue weighted by Crippen LogP contribution is -2.38. The number of nitrogens with two attached hydrogens (primary N) is 1. The van der Waals surface area contributed by atoms with Crippen LogP contribution in [0.3, 0.4) is 0 Å². The van der Waals surface area contributed by atoms with Crippen LogP contribution in [0, 0.1) is 5.92 Å². The second-order valence-electron chi connectivity index (χ2n) is 6.43. The van der Waals surface area contributed by atoms with Gasteiger partial charge in [-0.15, -0.1) is 24.0 Å². The second-order valence-corrected chi connectivity index (χ2v) is 8.31. The molecule has 1 aromatic carbocycles. The summed E-state index contributed by atoms with van der Waals surface area (Å²) in [5.74, 6) is 1.10. The Kier molecular flexibility index (Phi) is 11.3. The normalized spacial score (nSPS) is 13.4. The molecule has 0 heterocycles. The Labute approximate surface area is 169 Å². The third-order valence-electron chi connectivity index (χ3n) is 3.72. The van der Waals surface area contributed by atoms with Crippen molar-refractivity contribution >= 4 is 40.0 Å². The smallest absolute Gasteiger partial charge is 0.240 e. The second kappa shape index (κ2) is 11.7. The Balaban J connectivity index is 0.00000576. The molecule has 0 amide bonds. The van der Waals surface area contributed by atoms with Gasteiger partial charge in [0, 0.05) is 6.04 Å². The van der Waals surface area contributed by atoms with Crippen molar-refractivity contribution in [3.8, 4) is 0 Å². The predicted molar refractivity (Wildman–Crippen MR) is 115 cm³/mol. The summed E-state index contributed by atoms with van der Waals surface area (Å²) in [4.78, 5) is 4.52. The summed E-state index contributed by atoms with van der Waals surface area (Å²) in [6.07, 6.45) is 3.41. The van der Waals surface area contributed by atoms with Crippen molar-refractivity contribution in [1.29, 1.82) is 0 Å². The molecule has 0 saturated carbocycles. The van der Waals surface area contributed by atoms with Crippen LogP contribution in [0.1, 0.15) is 45.6 Å². The van der Waals surface area contributed by atoms with Crippen LogP contribution in [0.25, 0.3) is 0 Å². The first-order chi connectivity index (χ1) is 11.2. The fourth-order valence-electron chi connectivity index (χ4n) is 2.31. The summed E-state index contributed by atoms with van der Waals surface area (Å²) in [5.41, 5.74) is 6.71. The zero-order chi connectivity index (χ0) is 18.2. The number of benzene rings is 1. The molecule has 1 unspecified atom stereocenters. The van der Waals surface area contributed by atoms with E-state index in [4.69, 9.17) is 5.73 Å². The number of aliphatic imine (C=N–C) groups is 1. The van der Waals surface area contributed by atoms with Gasteiger partial charge >= 0.3 is 0 Å². The Morgan fingerprint density at radius 2 is 1.92 bits per heavy atom. The summed E-state index contributed by atoms with van der Waals surface area (Å²) in [5, 5.41) is 3.18. The number of nitrogens with zero attached hydrogens (tertiary/aromatic N) is 1. The maximum Gasteiger partial charge on any atom is 0.240 e. The Morgan fingerprint density at radius 3 is 2.52 bits per heavy atom. The number of sulfonamides is 1. The molecule has 4 N–H and O–H groups in total. The molecule has 1 rings (SSSR count). The van der Waals surface area contributed by atoms with E-state index in [0.29, 0.717) is 18.4 Å². The van der Waals surface area contributed by atoms with E-state index < -0.39 is 10.0 Å². The van der Waals surface area contributed by atoms with Gasteiger partial charge in [-0.25, -0.2) is 18.1 Å². The van der Waals surface area contributed by atoms with Crippen molar-refractivity contribution in [3.05, 3.63) is 29.8 Å². The van der Waals surface area contributed by atoms with Gasteiger partial charge in [-0.05, 0) is 44.0 Å². The predicted octanol–water partition coefficient (Wildman–Crippen LogP) is 2.83. The highest BCUT2D eigenvalue weighted by Crippen LogP contribution is 2.12. The lowest BCUT2D eigenvalue weighted by Gasteiger charge is -2.15. The van der Waals surface area contributed by atoms with E-state index in [2.05, 4.69) is 35.8 Å². The fourth-order valence-corrected chi connectivity index (χ4v) is 3.11. The Hall–Kier alpha value is -0.870. The zero-order valence-corrected chi connectivity index (χ0v) is 18.6. The molecule has 0 fully saturated rings. The highest BCUT2D eigenvalue weighted by molar-refractivity contribution is 14.0. The van der Waals surface area contributed by atoms with Crippen LogP contribution >= 0.6 is 24.0 Å². The molecule has 1 atom stereocenters. The van der Waals surface area contributed by atoms with Crippen molar-refractivity contribution in [2.75, 3.05) is 7.05 Å². The van der Waals surface area contributed by atoms with E-state index in [9.17, 15) is 8.42 Å². The molecule has 144 valence electrons. The van der Waals surface area contributed by atoms with E-state index in [1.54, 1.807) is 18.2 Å². The summed E-state index contributed by atoms with van der Waals surface area (Å²) in [6, 6.07) is 6.96. The third-order valence-corrected chi connectivity index (χ3v) is 5.13. The highest BCUT2D eigenvalue weighted by atomic mass is 127. The molecular formula is C17H31IN4O2S. The number of hydrogen-bond acceptors (Lipinski definition) is 3. The van der Waals surface area contributed by atoms with Crippen LogP contribution in [-0.2, 0) is 16.6 Å². The van der Waals surface area contributed by atoms with Crippen molar-refractivity contribution < 1.29 is 8.42 Å². The average molecular weight is 482 g/mol. The van der Waals surface area contributed by atoms with Crippen LogP contribution in [0.5, 0.6) is 0 Å². The molecule has 0 bridgehead atoms.